The smallest absolute Gasteiger partial charge is 0.254 e. The normalized spacial score (nSPS) is 13.2. The van der Waals surface area contributed by atoms with Crippen molar-refractivity contribution in [2.45, 2.75) is 52.6 Å². The van der Waals surface area contributed by atoms with Gasteiger partial charge in [-0.2, -0.15) is 0 Å². The molecule has 1 unspecified atom stereocenters. The minimum atomic E-state index is -0.558. The summed E-state index contributed by atoms with van der Waals surface area (Å²) >= 11 is 0. The minimum absolute atomic E-state index is 0.0341. The average Bonchev–Trinajstić information content (AvgIpc) is 3.79. The molecule has 1 aromatic heterocycles. The Balaban J connectivity index is 1.15. The number of hydrogen-bond donors (Lipinski definition) is 3. The van der Waals surface area contributed by atoms with Crippen molar-refractivity contribution >= 4 is 29.5 Å². The third kappa shape index (κ3) is 16.2. The number of rotatable bonds is 28. The molecule has 0 spiro atoms. The molecule has 0 saturated heterocycles. The molecule has 0 bridgehead atoms. The number of halogens is 2. The molecule has 1 atom stereocenters. The molecule has 2 aromatic carbocycles. The highest BCUT2D eigenvalue weighted by molar-refractivity contribution is 6.14. The second-order valence-corrected chi connectivity index (χ2v) is 15.6. The molecule has 2 heterocycles. The second kappa shape index (κ2) is 25.6. The summed E-state index contributed by atoms with van der Waals surface area (Å²) in [5, 5.41) is 5.38. The van der Waals surface area contributed by atoms with Gasteiger partial charge >= 0.3 is 0 Å². The van der Waals surface area contributed by atoms with Crippen LogP contribution in [0, 0.1) is 17.0 Å². The van der Waals surface area contributed by atoms with E-state index in [1.807, 2.05) is 61.7 Å². The van der Waals surface area contributed by atoms with Gasteiger partial charge in [0.05, 0.1) is 58.9 Å². The van der Waals surface area contributed by atoms with Crippen LogP contribution in [-0.4, -0.2) is 129 Å². The third-order valence-corrected chi connectivity index (χ3v) is 9.72. The predicted octanol–water partition coefficient (Wildman–Crippen LogP) is 3.75. The zero-order chi connectivity index (χ0) is 44.9. The highest BCUT2D eigenvalue weighted by Crippen LogP contribution is 2.41. The lowest BCUT2D eigenvalue weighted by Gasteiger charge is -2.41. The van der Waals surface area contributed by atoms with Gasteiger partial charge in [0.25, 0.3) is 11.8 Å². The summed E-state index contributed by atoms with van der Waals surface area (Å²) < 4.78 is 53.3. The zero-order valence-corrected chi connectivity index (χ0v) is 35.9. The first-order valence-corrected chi connectivity index (χ1v) is 20.8. The number of ether oxygens (including phenoxy) is 4. The molecule has 4 rings (SSSR count). The number of aromatic nitrogens is 1. The van der Waals surface area contributed by atoms with Crippen molar-refractivity contribution in [2.24, 2.45) is 11.1 Å². The Hall–Kier alpha value is -5.33. The fourth-order valence-corrected chi connectivity index (χ4v) is 6.80. The third-order valence-electron chi connectivity index (χ3n) is 9.72. The van der Waals surface area contributed by atoms with Crippen LogP contribution in [0.1, 0.15) is 57.3 Å². The van der Waals surface area contributed by atoms with Crippen LogP contribution in [0.2, 0.25) is 0 Å². The van der Waals surface area contributed by atoms with Crippen molar-refractivity contribution in [2.75, 3.05) is 85.6 Å². The first kappa shape index (κ1) is 49.3. The van der Waals surface area contributed by atoms with Gasteiger partial charge in [0.1, 0.15) is 18.2 Å². The lowest BCUT2D eigenvalue weighted by molar-refractivity contribution is -0.141. The van der Waals surface area contributed by atoms with Gasteiger partial charge in [0.2, 0.25) is 17.7 Å². The van der Waals surface area contributed by atoms with E-state index in [4.69, 9.17) is 24.7 Å². The van der Waals surface area contributed by atoms with E-state index < -0.39 is 40.8 Å². The van der Waals surface area contributed by atoms with Gasteiger partial charge in [-0.3, -0.25) is 28.9 Å². The molecule has 0 radical (unpaired) electrons. The first-order valence-electron chi connectivity index (χ1n) is 20.8. The first-order chi connectivity index (χ1) is 29.8. The summed E-state index contributed by atoms with van der Waals surface area (Å²) in [6, 6.07) is 14.4. The molecule has 3 aromatic rings. The number of hydrogen-bond acceptors (Lipinski definition) is 10. The standard InChI is InChI=1S/C45H60F2N6O9/c1-45(2,3)44(38-28-34(36-29-35(46)10-11-37(36)47)31-51(38)30-33-8-5-4-6-9-33)52(19-7-16-48)41(56)13-12-39(54)49-17-20-59-22-24-61-26-27-62-25-23-60-21-18-50-40(55)32-53-42(57)14-15-43(53)58/h4-6,8-11,14-15,28-29,31,44H,7,12-13,16-27,30,32,48H2,1-3H3,(H,49,54)(H,50,55). The van der Waals surface area contributed by atoms with Crippen molar-refractivity contribution in [1.82, 2.24) is 25.0 Å². The molecule has 15 nitrogen and oxygen atoms in total. The molecule has 1 aliphatic rings. The monoisotopic (exact) mass is 866 g/mol. The van der Waals surface area contributed by atoms with Crippen LogP contribution >= 0.6 is 0 Å². The fourth-order valence-electron chi connectivity index (χ4n) is 6.80. The predicted molar refractivity (Wildman–Crippen MR) is 227 cm³/mol. The highest BCUT2D eigenvalue weighted by atomic mass is 19.1. The maximum absolute atomic E-state index is 15.1. The second-order valence-electron chi connectivity index (χ2n) is 15.6. The number of nitrogens with one attached hydrogen (secondary N) is 2. The quantitative estimate of drug-likeness (QED) is 0.0718. The molecule has 62 heavy (non-hydrogen) atoms. The molecule has 1 aliphatic heterocycles. The van der Waals surface area contributed by atoms with E-state index in [1.165, 1.54) is 6.07 Å². The van der Waals surface area contributed by atoms with Crippen molar-refractivity contribution in [3.63, 3.8) is 0 Å². The van der Waals surface area contributed by atoms with Crippen LogP contribution < -0.4 is 16.4 Å². The number of benzene rings is 2. The largest absolute Gasteiger partial charge is 0.377 e. The van der Waals surface area contributed by atoms with Crippen LogP contribution in [0.15, 0.2) is 72.9 Å². The molecule has 0 saturated carbocycles. The molecule has 0 fully saturated rings. The number of carbonyl (C=O) groups excluding carboxylic acids is 5. The summed E-state index contributed by atoms with van der Waals surface area (Å²) in [6.07, 6.45) is 4.49. The minimum Gasteiger partial charge on any atom is -0.377 e. The van der Waals surface area contributed by atoms with Crippen LogP contribution in [0.5, 0.6) is 0 Å². The summed E-state index contributed by atoms with van der Waals surface area (Å²) in [6.45, 7) is 9.79. The average molecular weight is 867 g/mol. The van der Waals surface area contributed by atoms with Gasteiger partial charge in [0.15, 0.2) is 0 Å². The van der Waals surface area contributed by atoms with Gasteiger partial charge < -0.3 is 44.8 Å². The summed E-state index contributed by atoms with van der Waals surface area (Å²) in [5.74, 6) is -3.12. The maximum atomic E-state index is 15.1. The van der Waals surface area contributed by atoms with E-state index in [0.29, 0.717) is 71.3 Å². The van der Waals surface area contributed by atoms with Crippen LogP contribution in [0.3, 0.4) is 0 Å². The van der Waals surface area contributed by atoms with E-state index in [-0.39, 0.29) is 63.1 Å². The van der Waals surface area contributed by atoms with Crippen molar-refractivity contribution < 1.29 is 51.7 Å². The maximum Gasteiger partial charge on any atom is 0.254 e. The number of imide groups is 1. The Morgan fingerprint density at radius 3 is 1.94 bits per heavy atom. The van der Waals surface area contributed by atoms with Crippen molar-refractivity contribution in [3.8, 4) is 11.1 Å². The van der Waals surface area contributed by atoms with Crippen molar-refractivity contribution in [3.05, 3.63) is 95.8 Å². The van der Waals surface area contributed by atoms with E-state index >= 15 is 4.39 Å². The number of nitrogens with zero attached hydrogens (tertiary/aromatic N) is 3. The van der Waals surface area contributed by atoms with Crippen LogP contribution in [0.4, 0.5) is 8.78 Å². The summed E-state index contributed by atoms with van der Waals surface area (Å²) in [4.78, 5) is 64.4. The Kier molecular flexibility index (Phi) is 20.3. The summed E-state index contributed by atoms with van der Waals surface area (Å²) in [7, 11) is 0. The molecular weight excluding hydrogens is 807 g/mol. The van der Waals surface area contributed by atoms with Gasteiger partial charge in [-0.15, -0.1) is 0 Å². The van der Waals surface area contributed by atoms with E-state index in [0.717, 1.165) is 40.4 Å². The van der Waals surface area contributed by atoms with Gasteiger partial charge in [0, 0.05) is 74.2 Å². The van der Waals surface area contributed by atoms with Gasteiger partial charge in [-0.05, 0) is 48.2 Å². The van der Waals surface area contributed by atoms with Crippen LogP contribution in [-0.2, 0) is 49.5 Å². The Morgan fingerprint density at radius 1 is 0.774 bits per heavy atom. The molecule has 5 amide bonds. The lowest BCUT2D eigenvalue weighted by atomic mass is 9.82. The molecule has 17 heteroatoms. The van der Waals surface area contributed by atoms with Crippen molar-refractivity contribution in [1.29, 1.82) is 0 Å². The highest BCUT2D eigenvalue weighted by Gasteiger charge is 2.37. The zero-order valence-electron chi connectivity index (χ0n) is 35.9. The van der Waals surface area contributed by atoms with E-state index in [1.54, 1.807) is 11.1 Å². The number of carbonyl (C=O) groups is 5. The number of nitrogens with two attached hydrogens (primary N) is 1. The van der Waals surface area contributed by atoms with Crippen LogP contribution in [0.25, 0.3) is 11.1 Å². The molecule has 338 valence electrons. The van der Waals surface area contributed by atoms with E-state index in [2.05, 4.69) is 10.6 Å². The summed E-state index contributed by atoms with van der Waals surface area (Å²) in [5.41, 5.74) is 7.77. The van der Waals surface area contributed by atoms with Gasteiger partial charge in [-0.1, -0.05) is 51.1 Å². The van der Waals surface area contributed by atoms with E-state index in [9.17, 15) is 28.4 Å². The Morgan fingerprint density at radius 2 is 1.35 bits per heavy atom. The van der Waals surface area contributed by atoms with Gasteiger partial charge in [-0.25, -0.2) is 8.78 Å². The Labute approximate surface area is 361 Å². The molecule has 4 N–H and O–H groups in total. The molecule has 0 aliphatic carbocycles. The molecular formula is C45H60F2N6O9. The SMILES string of the molecule is CC(C)(C)C(c1cc(-c2cc(F)ccc2F)cn1Cc1ccccc1)N(CCCN)C(=O)CCC(=O)NCCOCCOCCOCCOCCNC(=O)CN1C(=O)C=CC1=O. The topological polar surface area (TPSA) is 184 Å². The number of amides is 5. The Bertz CT molecular complexity index is 1930. The fraction of sp³-hybridized carbons (Fsp3) is 0.489. The lowest BCUT2D eigenvalue weighted by Crippen LogP contribution is -2.43.